The third-order valence-corrected chi connectivity index (χ3v) is 7.16. The highest BCUT2D eigenvalue weighted by Crippen LogP contribution is 2.34. The molecule has 0 fully saturated rings. The second-order valence-electron chi connectivity index (χ2n) is 11.5. The summed E-state index contributed by atoms with van der Waals surface area (Å²) in [7, 11) is 0. The van der Waals surface area contributed by atoms with Crippen molar-refractivity contribution in [2.75, 3.05) is 13.2 Å². The van der Waals surface area contributed by atoms with E-state index in [1.54, 1.807) is 40.7 Å². The van der Waals surface area contributed by atoms with E-state index in [0.29, 0.717) is 18.4 Å². The number of rotatable bonds is 16. The van der Waals surface area contributed by atoms with Crippen LogP contribution >= 0.6 is 0 Å². The monoisotopic (exact) mass is 565 g/mol. The van der Waals surface area contributed by atoms with Gasteiger partial charge in [0.15, 0.2) is 11.5 Å². The van der Waals surface area contributed by atoms with Crippen molar-refractivity contribution in [1.29, 1.82) is 0 Å². The Morgan fingerprint density at radius 2 is 1.45 bits per heavy atom. The molecule has 0 aromatic heterocycles. The normalized spacial score (nSPS) is 14.0. The summed E-state index contributed by atoms with van der Waals surface area (Å²) < 4.78 is 21.5. The van der Waals surface area contributed by atoms with E-state index in [2.05, 4.69) is 5.32 Å². The van der Waals surface area contributed by atoms with Gasteiger partial charge in [-0.25, -0.2) is 4.79 Å². The number of esters is 2. The molecule has 0 aliphatic rings. The lowest BCUT2D eigenvalue weighted by atomic mass is 9.90. The predicted octanol–water partition coefficient (Wildman–Crippen LogP) is 5.54. The summed E-state index contributed by atoms with van der Waals surface area (Å²) in [4.78, 5) is 49.4. The predicted molar refractivity (Wildman–Crippen MR) is 150 cm³/mol. The number of carbonyl (C=O) groups excluding carboxylic acids is 3. The van der Waals surface area contributed by atoms with E-state index >= 15 is 0 Å². The molecule has 3 atom stereocenters. The van der Waals surface area contributed by atoms with Crippen molar-refractivity contribution in [3.05, 3.63) is 23.8 Å². The van der Waals surface area contributed by atoms with Gasteiger partial charge in [0.2, 0.25) is 0 Å². The molecule has 0 amide bonds. The number of hydrogen-bond acceptors (Lipinski definition) is 9. The summed E-state index contributed by atoms with van der Waals surface area (Å²) in [5.74, 6) is -1.77. The minimum Gasteiger partial charge on any atom is -0.480 e. The van der Waals surface area contributed by atoms with Crippen LogP contribution in [-0.4, -0.2) is 54.5 Å². The smallest absolute Gasteiger partial charge is 0.480 e. The van der Waals surface area contributed by atoms with Crippen LogP contribution in [0.3, 0.4) is 0 Å². The molecule has 0 saturated heterocycles. The number of benzene rings is 1. The number of ether oxygens (including phenoxy) is 4. The van der Waals surface area contributed by atoms with E-state index in [-0.39, 0.29) is 37.0 Å². The maximum absolute atomic E-state index is 12.8. The van der Waals surface area contributed by atoms with Crippen molar-refractivity contribution in [1.82, 2.24) is 5.32 Å². The highest BCUT2D eigenvalue weighted by molar-refractivity contribution is 5.81. The van der Waals surface area contributed by atoms with Gasteiger partial charge in [0.05, 0.1) is 17.4 Å². The molecule has 1 rings (SSSR count). The first-order valence-corrected chi connectivity index (χ1v) is 13.9. The van der Waals surface area contributed by atoms with Crippen LogP contribution in [0.25, 0.3) is 0 Å². The zero-order valence-electron chi connectivity index (χ0n) is 25.4. The first kappa shape index (κ1) is 34.9. The largest absolute Gasteiger partial charge is 0.508 e. The van der Waals surface area contributed by atoms with Gasteiger partial charge in [0.25, 0.3) is 0 Å². The zero-order chi connectivity index (χ0) is 30.7. The number of nitrogens with one attached hydrogen (secondary N) is 1. The average molecular weight is 566 g/mol. The first-order chi connectivity index (χ1) is 18.6. The summed E-state index contributed by atoms with van der Waals surface area (Å²) in [6, 6.07) is 3.59. The van der Waals surface area contributed by atoms with Crippen LogP contribution in [0, 0.1) is 16.7 Å². The number of aliphatic carboxylic acids is 1. The third kappa shape index (κ3) is 11.2. The Morgan fingerprint density at radius 3 is 1.95 bits per heavy atom. The lowest BCUT2D eigenvalue weighted by Crippen LogP contribution is -2.42. The molecule has 10 heteroatoms. The summed E-state index contributed by atoms with van der Waals surface area (Å²) in [5, 5.41) is 12.7. The molecular weight excluding hydrogens is 518 g/mol. The Morgan fingerprint density at radius 1 is 0.900 bits per heavy atom. The van der Waals surface area contributed by atoms with Crippen molar-refractivity contribution in [2.24, 2.45) is 16.7 Å². The molecule has 2 unspecified atom stereocenters. The highest BCUT2D eigenvalue weighted by atomic mass is 16.7. The van der Waals surface area contributed by atoms with Gasteiger partial charge in [-0.05, 0) is 77.5 Å². The lowest BCUT2D eigenvalue weighted by molar-refractivity contribution is -0.147. The van der Waals surface area contributed by atoms with Gasteiger partial charge >= 0.3 is 24.1 Å². The molecule has 0 radical (unpaired) electrons. The van der Waals surface area contributed by atoms with Gasteiger partial charge < -0.3 is 29.4 Å². The summed E-state index contributed by atoms with van der Waals surface area (Å²) in [6.07, 6.45) is 0.520. The maximum atomic E-state index is 12.8. The summed E-state index contributed by atoms with van der Waals surface area (Å²) in [5.41, 5.74) is -0.995. The average Bonchev–Trinajstić information content (AvgIpc) is 2.90. The zero-order valence-corrected chi connectivity index (χ0v) is 25.4. The first-order valence-electron chi connectivity index (χ1n) is 13.9. The van der Waals surface area contributed by atoms with E-state index in [1.807, 2.05) is 27.7 Å². The molecule has 0 spiro atoms. The van der Waals surface area contributed by atoms with E-state index in [1.165, 1.54) is 12.1 Å². The Kier molecular flexibility index (Phi) is 13.6. The van der Waals surface area contributed by atoms with Crippen LogP contribution < -0.4 is 14.8 Å². The van der Waals surface area contributed by atoms with Crippen molar-refractivity contribution in [2.45, 2.75) is 100 Å². The lowest BCUT2D eigenvalue weighted by Gasteiger charge is -2.24. The number of carbonyl (C=O) groups is 4. The van der Waals surface area contributed by atoms with Crippen molar-refractivity contribution < 1.29 is 43.2 Å². The van der Waals surface area contributed by atoms with Gasteiger partial charge in [-0.1, -0.05) is 40.2 Å². The van der Waals surface area contributed by atoms with Gasteiger partial charge in [0.1, 0.15) is 12.1 Å². The van der Waals surface area contributed by atoms with E-state index in [0.717, 1.165) is 6.42 Å². The van der Waals surface area contributed by atoms with Crippen LogP contribution in [-0.2, 0) is 30.3 Å². The minimum atomic E-state index is -1.11. The van der Waals surface area contributed by atoms with Gasteiger partial charge in [0, 0.05) is 6.54 Å². The van der Waals surface area contributed by atoms with Crippen molar-refractivity contribution in [3.63, 3.8) is 0 Å². The molecule has 0 bridgehead atoms. The quantitative estimate of drug-likeness (QED) is 0.194. The molecule has 0 aliphatic carbocycles. The third-order valence-electron chi connectivity index (χ3n) is 7.16. The molecule has 1 aromatic rings. The standard InChI is InChI=1S/C30H47NO9/c1-10-19(4)18-37-28(36)38-20(5)17-31-22(25(32)33)15-21-13-14-23(39-26(34)29(6,7)11-2)24(16-21)40-27(35)30(8,9)12-3/h13-14,16,19-20,22,31H,10-12,15,17-18H2,1-9H3,(H,32,33)/t19?,20?,22-/m0/s1. The number of hydrogen-bond donors (Lipinski definition) is 2. The molecule has 226 valence electrons. The fraction of sp³-hybridized carbons (Fsp3) is 0.667. The minimum absolute atomic E-state index is 0.0247. The molecule has 2 N–H and O–H groups in total. The molecule has 1 aromatic carbocycles. The molecule has 0 saturated carbocycles. The van der Waals surface area contributed by atoms with Gasteiger partial charge in [-0.15, -0.1) is 0 Å². The SMILES string of the molecule is CCC(C)COC(=O)OC(C)CN[C@@H](Cc1ccc(OC(=O)C(C)(C)CC)c(OC(=O)C(C)(C)CC)c1)C(=O)O. The van der Waals surface area contributed by atoms with Crippen molar-refractivity contribution in [3.8, 4) is 11.5 Å². The molecule has 0 heterocycles. The number of carboxylic acid groups (broad SMARTS) is 1. The molecule has 10 nitrogen and oxygen atoms in total. The Labute approximate surface area is 238 Å². The van der Waals surface area contributed by atoms with E-state index in [4.69, 9.17) is 18.9 Å². The second-order valence-corrected chi connectivity index (χ2v) is 11.5. The van der Waals surface area contributed by atoms with Crippen LogP contribution in [0.15, 0.2) is 18.2 Å². The topological polar surface area (TPSA) is 137 Å². The van der Waals surface area contributed by atoms with E-state index < -0.39 is 47.0 Å². The van der Waals surface area contributed by atoms with Crippen LogP contribution in [0.1, 0.15) is 87.1 Å². The summed E-state index contributed by atoms with van der Waals surface area (Å²) >= 11 is 0. The van der Waals surface area contributed by atoms with Crippen LogP contribution in [0.2, 0.25) is 0 Å². The fourth-order valence-electron chi connectivity index (χ4n) is 2.97. The maximum Gasteiger partial charge on any atom is 0.508 e. The fourth-order valence-corrected chi connectivity index (χ4v) is 2.97. The molecule has 40 heavy (non-hydrogen) atoms. The molecular formula is C30H47NO9. The van der Waals surface area contributed by atoms with Gasteiger partial charge in [-0.2, -0.15) is 0 Å². The van der Waals surface area contributed by atoms with Crippen LogP contribution in [0.5, 0.6) is 11.5 Å². The highest BCUT2D eigenvalue weighted by Gasteiger charge is 2.32. The van der Waals surface area contributed by atoms with Gasteiger partial charge in [-0.3, -0.25) is 14.4 Å². The Bertz CT molecular complexity index is 1020. The Hall–Kier alpha value is -3.14. The van der Waals surface area contributed by atoms with Crippen molar-refractivity contribution >= 4 is 24.1 Å². The number of carboxylic acids is 1. The summed E-state index contributed by atoms with van der Waals surface area (Å²) in [6.45, 7) is 16.6. The second kappa shape index (κ2) is 15.6. The Balaban J connectivity index is 3.06. The molecule has 0 aliphatic heterocycles. The van der Waals surface area contributed by atoms with E-state index in [9.17, 15) is 24.3 Å². The van der Waals surface area contributed by atoms with Crippen LogP contribution in [0.4, 0.5) is 4.79 Å².